The van der Waals surface area contributed by atoms with E-state index >= 15 is 0 Å². The van der Waals surface area contributed by atoms with Crippen molar-refractivity contribution in [3.05, 3.63) is 102 Å². The lowest BCUT2D eigenvalue weighted by Crippen LogP contribution is -2.08. The van der Waals surface area contributed by atoms with Crippen molar-refractivity contribution < 1.29 is 14.3 Å². The van der Waals surface area contributed by atoms with E-state index in [9.17, 15) is 4.79 Å². The summed E-state index contributed by atoms with van der Waals surface area (Å²) in [4.78, 5) is 12.1. The molecule has 3 heteroatoms. The molecule has 0 unspecified atom stereocenters. The topological polar surface area (TPSA) is 35.5 Å². The third-order valence-corrected chi connectivity index (χ3v) is 4.32. The number of aryl methyl sites for hydroxylation is 1. The first-order valence-electron chi connectivity index (χ1n) is 9.46. The Bertz CT molecular complexity index is 895. The Morgan fingerprint density at radius 1 is 0.786 bits per heavy atom. The van der Waals surface area contributed by atoms with Crippen LogP contribution in [0.4, 0.5) is 0 Å². The highest BCUT2D eigenvalue weighted by Crippen LogP contribution is 2.15. The molecule has 0 N–H and O–H groups in total. The molecule has 0 aromatic heterocycles. The van der Waals surface area contributed by atoms with E-state index in [1.807, 2.05) is 72.8 Å². The standard InChI is InChI=1S/C25H24O3/c1-2-20-8-13-23(14-9-20)27-18-19-28-24-15-10-21(11-16-24)12-17-25(26)22-6-4-3-5-7-22/h3-17H,2,18-19H2,1H3. The predicted molar refractivity (Wildman–Crippen MR) is 113 cm³/mol. The fourth-order valence-corrected chi connectivity index (χ4v) is 2.69. The lowest BCUT2D eigenvalue weighted by molar-refractivity contribution is 0.104. The van der Waals surface area contributed by atoms with Crippen LogP contribution in [0, 0.1) is 0 Å². The van der Waals surface area contributed by atoms with Gasteiger partial charge in [0.25, 0.3) is 0 Å². The lowest BCUT2D eigenvalue weighted by Gasteiger charge is -2.09. The first-order chi connectivity index (χ1) is 13.7. The monoisotopic (exact) mass is 372 g/mol. The van der Waals surface area contributed by atoms with E-state index in [0.717, 1.165) is 23.5 Å². The number of rotatable bonds is 9. The molecule has 3 aromatic carbocycles. The number of carbonyl (C=O) groups excluding carboxylic acids is 1. The quantitative estimate of drug-likeness (QED) is 0.278. The van der Waals surface area contributed by atoms with Gasteiger partial charge in [-0.2, -0.15) is 0 Å². The van der Waals surface area contributed by atoms with E-state index in [-0.39, 0.29) is 5.78 Å². The van der Waals surface area contributed by atoms with Crippen molar-refractivity contribution in [2.24, 2.45) is 0 Å². The molecule has 0 aliphatic carbocycles. The largest absolute Gasteiger partial charge is 0.490 e. The second-order valence-corrected chi connectivity index (χ2v) is 6.33. The molecule has 0 atom stereocenters. The summed E-state index contributed by atoms with van der Waals surface area (Å²) >= 11 is 0. The van der Waals surface area contributed by atoms with Crippen LogP contribution in [0.3, 0.4) is 0 Å². The summed E-state index contributed by atoms with van der Waals surface area (Å²) < 4.78 is 11.4. The van der Waals surface area contributed by atoms with Crippen molar-refractivity contribution >= 4 is 11.9 Å². The first-order valence-corrected chi connectivity index (χ1v) is 9.46. The second-order valence-electron chi connectivity index (χ2n) is 6.33. The molecule has 0 spiro atoms. The minimum atomic E-state index is -0.00922. The Hall–Kier alpha value is -3.33. The van der Waals surface area contributed by atoms with E-state index in [2.05, 4.69) is 19.1 Å². The SMILES string of the molecule is CCc1ccc(OCCOc2ccc(C=CC(=O)c3ccccc3)cc2)cc1. The molecule has 0 amide bonds. The zero-order valence-electron chi connectivity index (χ0n) is 16.0. The molecule has 28 heavy (non-hydrogen) atoms. The smallest absolute Gasteiger partial charge is 0.185 e. The van der Waals surface area contributed by atoms with Crippen LogP contribution in [0.25, 0.3) is 6.08 Å². The van der Waals surface area contributed by atoms with Gasteiger partial charge in [-0.3, -0.25) is 4.79 Å². The molecule has 0 saturated carbocycles. The third kappa shape index (κ3) is 5.85. The van der Waals surface area contributed by atoms with Crippen LogP contribution in [0.2, 0.25) is 0 Å². The number of benzene rings is 3. The van der Waals surface area contributed by atoms with Gasteiger partial charge in [0.15, 0.2) is 5.78 Å². The maximum Gasteiger partial charge on any atom is 0.185 e. The van der Waals surface area contributed by atoms with Gasteiger partial charge < -0.3 is 9.47 Å². The van der Waals surface area contributed by atoms with Crippen molar-refractivity contribution in [2.45, 2.75) is 13.3 Å². The normalized spacial score (nSPS) is 10.8. The van der Waals surface area contributed by atoms with Crippen LogP contribution in [0.15, 0.2) is 84.9 Å². The molecule has 0 radical (unpaired) electrons. The first kappa shape index (κ1) is 19.4. The number of ether oxygens (including phenoxy) is 2. The van der Waals surface area contributed by atoms with Gasteiger partial charge in [0.2, 0.25) is 0 Å². The lowest BCUT2D eigenvalue weighted by atomic mass is 10.1. The number of carbonyl (C=O) groups is 1. The Morgan fingerprint density at radius 2 is 1.36 bits per heavy atom. The van der Waals surface area contributed by atoms with Crippen LogP contribution in [-0.4, -0.2) is 19.0 Å². The average Bonchev–Trinajstić information content (AvgIpc) is 2.77. The summed E-state index contributed by atoms with van der Waals surface area (Å²) in [6.07, 6.45) is 4.42. The van der Waals surface area contributed by atoms with Crippen molar-refractivity contribution in [2.75, 3.05) is 13.2 Å². The summed E-state index contributed by atoms with van der Waals surface area (Å²) in [5.41, 5.74) is 2.93. The zero-order chi connectivity index (χ0) is 19.6. The molecule has 0 heterocycles. The molecular weight excluding hydrogens is 348 g/mol. The Morgan fingerprint density at radius 3 is 1.93 bits per heavy atom. The molecule has 3 rings (SSSR count). The minimum absolute atomic E-state index is 0.00922. The van der Waals surface area contributed by atoms with Crippen LogP contribution in [0.1, 0.15) is 28.4 Å². The van der Waals surface area contributed by atoms with Gasteiger partial charge >= 0.3 is 0 Å². The fourth-order valence-electron chi connectivity index (χ4n) is 2.69. The molecule has 0 fully saturated rings. The Labute approximate surface area is 166 Å². The fraction of sp³-hybridized carbons (Fsp3) is 0.160. The summed E-state index contributed by atoms with van der Waals surface area (Å²) in [5.74, 6) is 1.62. The highest BCUT2D eigenvalue weighted by molar-refractivity contribution is 6.06. The van der Waals surface area contributed by atoms with E-state index < -0.39 is 0 Å². The second kappa shape index (κ2) is 10.1. The number of hydrogen-bond donors (Lipinski definition) is 0. The maximum atomic E-state index is 12.1. The van der Waals surface area contributed by atoms with Gasteiger partial charge in [0.1, 0.15) is 24.7 Å². The highest BCUT2D eigenvalue weighted by atomic mass is 16.5. The van der Waals surface area contributed by atoms with E-state index in [4.69, 9.17) is 9.47 Å². The van der Waals surface area contributed by atoms with Crippen LogP contribution < -0.4 is 9.47 Å². The molecule has 0 saturated heterocycles. The maximum absolute atomic E-state index is 12.1. The van der Waals surface area contributed by atoms with Gasteiger partial charge in [-0.25, -0.2) is 0 Å². The summed E-state index contributed by atoms with van der Waals surface area (Å²) in [6, 6.07) is 25.0. The molecule has 0 bridgehead atoms. The average molecular weight is 372 g/mol. The van der Waals surface area contributed by atoms with Crippen LogP contribution in [0.5, 0.6) is 11.5 Å². The molecular formula is C25H24O3. The Balaban J connectivity index is 1.43. The van der Waals surface area contributed by atoms with Crippen LogP contribution in [-0.2, 0) is 6.42 Å². The molecule has 0 aliphatic rings. The molecule has 0 aliphatic heterocycles. The van der Waals surface area contributed by atoms with Gasteiger partial charge in [0.05, 0.1) is 0 Å². The van der Waals surface area contributed by atoms with Gasteiger partial charge in [0, 0.05) is 5.56 Å². The molecule has 3 aromatic rings. The van der Waals surface area contributed by atoms with Gasteiger partial charge in [-0.1, -0.05) is 67.6 Å². The van der Waals surface area contributed by atoms with Crippen molar-refractivity contribution in [1.82, 2.24) is 0 Å². The van der Waals surface area contributed by atoms with E-state index in [0.29, 0.717) is 18.8 Å². The Kier molecular flexibility index (Phi) is 7.02. The summed E-state index contributed by atoms with van der Waals surface area (Å²) in [6.45, 7) is 3.09. The number of hydrogen-bond acceptors (Lipinski definition) is 3. The zero-order valence-corrected chi connectivity index (χ0v) is 16.0. The van der Waals surface area contributed by atoms with Crippen LogP contribution >= 0.6 is 0 Å². The van der Waals surface area contributed by atoms with Crippen molar-refractivity contribution in [3.8, 4) is 11.5 Å². The minimum Gasteiger partial charge on any atom is -0.490 e. The highest BCUT2D eigenvalue weighted by Gasteiger charge is 2.00. The third-order valence-electron chi connectivity index (χ3n) is 4.32. The van der Waals surface area contributed by atoms with E-state index in [1.165, 1.54) is 5.56 Å². The number of allylic oxidation sites excluding steroid dienone is 1. The van der Waals surface area contributed by atoms with E-state index in [1.54, 1.807) is 6.08 Å². The number of ketones is 1. The van der Waals surface area contributed by atoms with Gasteiger partial charge in [-0.15, -0.1) is 0 Å². The summed E-state index contributed by atoms with van der Waals surface area (Å²) in [7, 11) is 0. The molecule has 142 valence electrons. The van der Waals surface area contributed by atoms with Gasteiger partial charge in [-0.05, 0) is 47.9 Å². The van der Waals surface area contributed by atoms with Crippen molar-refractivity contribution in [3.63, 3.8) is 0 Å². The van der Waals surface area contributed by atoms with Crippen molar-refractivity contribution in [1.29, 1.82) is 0 Å². The summed E-state index contributed by atoms with van der Waals surface area (Å²) in [5, 5.41) is 0. The predicted octanol–water partition coefficient (Wildman–Crippen LogP) is 5.60. The molecule has 3 nitrogen and oxygen atoms in total.